The van der Waals surface area contributed by atoms with E-state index < -0.39 is 28.9 Å². The molecule has 24 heavy (non-hydrogen) atoms. The molecule has 0 saturated heterocycles. The molecule has 2 unspecified atom stereocenters. The second kappa shape index (κ2) is 7.91. The van der Waals surface area contributed by atoms with Crippen LogP contribution < -0.4 is 5.32 Å². The number of nitrogens with one attached hydrogen (secondary N) is 1. The number of thioether (sulfide) groups is 1. The number of hydrogen-bond donors (Lipinski definition) is 1. The van der Waals surface area contributed by atoms with Crippen LogP contribution in [-0.4, -0.2) is 41.3 Å². The highest BCUT2D eigenvalue weighted by atomic mass is 32.2. The first kappa shape index (κ1) is 17.9. The Morgan fingerprint density at radius 1 is 1.42 bits per heavy atom. The molecular weight excluding hydrogens is 334 g/mol. The summed E-state index contributed by atoms with van der Waals surface area (Å²) in [4.78, 5) is 38.1. The molecule has 2 atom stereocenters. The lowest BCUT2D eigenvalue weighted by Crippen LogP contribution is -2.44. The van der Waals surface area contributed by atoms with Crippen LogP contribution in [0.2, 0.25) is 0 Å². The van der Waals surface area contributed by atoms with Crippen molar-refractivity contribution in [3.05, 3.63) is 39.9 Å². The first-order chi connectivity index (χ1) is 11.4. The standard InChI is InChI=1S/C15H17N3O5S/c1-9-12(14(19)23-7-8-24-2)13(17-15(20)16-9)10-3-5-11(6-4-10)18(21)22/h3-6,12-13H,7-8H2,1-2H3,(H,17,20). The van der Waals surface area contributed by atoms with Crippen molar-refractivity contribution in [2.24, 2.45) is 10.9 Å². The van der Waals surface area contributed by atoms with Crippen LogP contribution >= 0.6 is 11.8 Å². The van der Waals surface area contributed by atoms with Crippen molar-refractivity contribution in [1.82, 2.24) is 5.32 Å². The van der Waals surface area contributed by atoms with Gasteiger partial charge in [0.2, 0.25) is 0 Å². The maximum Gasteiger partial charge on any atom is 0.341 e. The first-order valence-electron chi connectivity index (χ1n) is 7.19. The molecule has 1 aromatic carbocycles. The lowest BCUT2D eigenvalue weighted by molar-refractivity contribution is -0.384. The molecule has 0 radical (unpaired) electrons. The van der Waals surface area contributed by atoms with E-state index in [1.807, 2.05) is 6.26 Å². The van der Waals surface area contributed by atoms with Gasteiger partial charge in [0.25, 0.3) is 5.69 Å². The average Bonchev–Trinajstić information content (AvgIpc) is 2.54. The van der Waals surface area contributed by atoms with Gasteiger partial charge in [-0.3, -0.25) is 14.9 Å². The number of ether oxygens (including phenoxy) is 1. The average molecular weight is 351 g/mol. The third-order valence-electron chi connectivity index (χ3n) is 3.59. The van der Waals surface area contributed by atoms with Crippen LogP contribution in [0.4, 0.5) is 10.5 Å². The monoisotopic (exact) mass is 351 g/mol. The molecule has 2 rings (SSSR count). The zero-order chi connectivity index (χ0) is 17.7. The van der Waals surface area contributed by atoms with E-state index in [9.17, 15) is 19.7 Å². The van der Waals surface area contributed by atoms with Crippen molar-refractivity contribution >= 4 is 35.2 Å². The third-order valence-corrected chi connectivity index (χ3v) is 4.16. The minimum absolute atomic E-state index is 0.0645. The highest BCUT2D eigenvalue weighted by Gasteiger charge is 2.38. The van der Waals surface area contributed by atoms with E-state index >= 15 is 0 Å². The summed E-state index contributed by atoms with van der Waals surface area (Å²) in [6, 6.07) is 4.48. The fraction of sp³-hybridized carbons (Fsp3) is 0.400. The minimum Gasteiger partial charge on any atom is -0.464 e. The van der Waals surface area contributed by atoms with Crippen molar-refractivity contribution in [2.75, 3.05) is 18.6 Å². The van der Waals surface area contributed by atoms with E-state index in [2.05, 4.69) is 10.3 Å². The molecule has 2 amide bonds. The van der Waals surface area contributed by atoms with Crippen LogP contribution in [-0.2, 0) is 9.53 Å². The maximum absolute atomic E-state index is 12.4. The molecule has 1 N–H and O–H groups in total. The van der Waals surface area contributed by atoms with Crippen molar-refractivity contribution in [2.45, 2.75) is 13.0 Å². The van der Waals surface area contributed by atoms with Crippen LogP contribution in [0.15, 0.2) is 29.3 Å². The Hall–Kier alpha value is -2.42. The molecule has 9 heteroatoms. The summed E-state index contributed by atoms with van der Waals surface area (Å²) in [5.74, 6) is -0.567. The zero-order valence-electron chi connectivity index (χ0n) is 13.2. The van der Waals surface area contributed by atoms with Gasteiger partial charge in [0.15, 0.2) is 0 Å². The Balaban J connectivity index is 2.26. The number of hydrogen-bond acceptors (Lipinski definition) is 6. The van der Waals surface area contributed by atoms with E-state index in [1.54, 1.807) is 18.7 Å². The lowest BCUT2D eigenvalue weighted by atomic mass is 9.88. The van der Waals surface area contributed by atoms with Crippen LogP contribution in [0.3, 0.4) is 0 Å². The van der Waals surface area contributed by atoms with Gasteiger partial charge in [-0.1, -0.05) is 12.1 Å². The highest BCUT2D eigenvalue weighted by Crippen LogP contribution is 2.29. The number of aliphatic imine (C=N–C) groups is 1. The Morgan fingerprint density at radius 2 is 2.08 bits per heavy atom. The molecule has 0 saturated carbocycles. The number of carbonyl (C=O) groups is 2. The number of non-ortho nitro benzene ring substituents is 1. The highest BCUT2D eigenvalue weighted by molar-refractivity contribution is 7.98. The van der Waals surface area contributed by atoms with E-state index in [4.69, 9.17) is 4.74 Å². The molecule has 1 heterocycles. The van der Waals surface area contributed by atoms with Crippen LogP contribution in [0.1, 0.15) is 18.5 Å². The summed E-state index contributed by atoms with van der Waals surface area (Å²) in [5, 5.41) is 13.4. The van der Waals surface area contributed by atoms with Crippen molar-refractivity contribution in [1.29, 1.82) is 0 Å². The minimum atomic E-state index is -0.758. The Kier molecular flexibility index (Phi) is 5.91. The Morgan fingerprint density at radius 3 is 2.67 bits per heavy atom. The number of amides is 2. The zero-order valence-corrected chi connectivity index (χ0v) is 14.0. The molecule has 128 valence electrons. The molecule has 8 nitrogen and oxygen atoms in total. The number of nitro benzene ring substituents is 1. The fourth-order valence-electron chi connectivity index (χ4n) is 2.42. The van der Waals surface area contributed by atoms with Crippen molar-refractivity contribution in [3.63, 3.8) is 0 Å². The van der Waals surface area contributed by atoms with Gasteiger partial charge >= 0.3 is 12.0 Å². The Labute approximate surface area is 142 Å². The molecule has 0 aromatic heterocycles. The van der Waals surface area contributed by atoms with Gasteiger partial charge in [-0.25, -0.2) is 9.79 Å². The molecule has 1 aliphatic rings. The topological polar surface area (TPSA) is 111 Å². The third kappa shape index (κ3) is 4.10. The van der Waals surface area contributed by atoms with E-state index in [-0.39, 0.29) is 12.3 Å². The van der Waals surface area contributed by atoms with Crippen LogP contribution in [0.5, 0.6) is 0 Å². The molecule has 0 spiro atoms. The molecule has 0 bridgehead atoms. The van der Waals surface area contributed by atoms with Gasteiger partial charge in [0.1, 0.15) is 12.5 Å². The van der Waals surface area contributed by atoms with Gasteiger partial charge in [-0.05, 0) is 18.7 Å². The molecule has 0 aliphatic carbocycles. The number of urea groups is 1. The largest absolute Gasteiger partial charge is 0.464 e. The van der Waals surface area contributed by atoms with Crippen LogP contribution in [0.25, 0.3) is 0 Å². The first-order valence-corrected chi connectivity index (χ1v) is 8.59. The second-order valence-corrected chi connectivity index (χ2v) is 6.15. The van der Waals surface area contributed by atoms with Gasteiger partial charge in [-0.15, -0.1) is 0 Å². The summed E-state index contributed by atoms with van der Waals surface area (Å²) < 4.78 is 5.24. The summed E-state index contributed by atoms with van der Waals surface area (Å²) in [6.07, 6.45) is 1.90. The normalized spacial score (nSPS) is 20.1. The molecule has 1 aliphatic heterocycles. The summed E-state index contributed by atoms with van der Waals surface area (Å²) in [7, 11) is 0. The van der Waals surface area contributed by atoms with E-state index in [0.717, 1.165) is 0 Å². The quantitative estimate of drug-likeness (QED) is 0.364. The SMILES string of the molecule is CSCCOC(=O)C1C(C)=NC(=O)NC1c1ccc([N+](=O)[O-])cc1. The number of esters is 1. The fourth-order valence-corrected chi connectivity index (χ4v) is 2.67. The van der Waals surface area contributed by atoms with Gasteiger partial charge in [-0.2, -0.15) is 11.8 Å². The number of carbonyl (C=O) groups excluding carboxylic acids is 2. The number of rotatable bonds is 6. The Bertz CT molecular complexity index is 674. The predicted octanol–water partition coefficient (Wildman–Crippen LogP) is 2.34. The van der Waals surface area contributed by atoms with Crippen molar-refractivity contribution in [3.8, 4) is 0 Å². The molecular formula is C15H17N3O5S. The lowest BCUT2D eigenvalue weighted by Gasteiger charge is -2.29. The number of benzene rings is 1. The maximum atomic E-state index is 12.4. The molecule has 1 aromatic rings. The van der Waals surface area contributed by atoms with Gasteiger partial charge < -0.3 is 10.1 Å². The van der Waals surface area contributed by atoms with Crippen LogP contribution in [0, 0.1) is 16.0 Å². The summed E-state index contributed by atoms with van der Waals surface area (Å²) >= 11 is 1.55. The van der Waals surface area contributed by atoms with Gasteiger partial charge in [0.05, 0.1) is 11.0 Å². The number of nitro groups is 1. The molecule has 0 fully saturated rings. The second-order valence-electron chi connectivity index (χ2n) is 5.17. The summed E-state index contributed by atoms with van der Waals surface area (Å²) in [6.45, 7) is 1.86. The van der Waals surface area contributed by atoms with Gasteiger partial charge in [0, 0.05) is 23.6 Å². The van der Waals surface area contributed by atoms with E-state index in [0.29, 0.717) is 17.0 Å². The van der Waals surface area contributed by atoms with Crippen molar-refractivity contribution < 1.29 is 19.2 Å². The van der Waals surface area contributed by atoms with E-state index in [1.165, 1.54) is 24.3 Å². The summed E-state index contributed by atoms with van der Waals surface area (Å²) in [5.41, 5.74) is 0.872. The predicted molar refractivity (Wildman–Crippen MR) is 90.3 cm³/mol. The smallest absolute Gasteiger partial charge is 0.341 e. The number of nitrogens with zero attached hydrogens (tertiary/aromatic N) is 2.